The third-order valence-electron chi connectivity index (χ3n) is 4.25. The number of hydrogen-bond acceptors (Lipinski definition) is 4. The van der Waals surface area contributed by atoms with Gasteiger partial charge in [-0.15, -0.1) is 0 Å². The Hall–Kier alpha value is -2.02. The Morgan fingerprint density at radius 2 is 1.92 bits per heavy atom. The van der Waals surface area contributed by atoms with Gasteiger partial charge in [0.1, 0.15) is 0 Å². The van der Waals surface area contributed by atoms with Crippen LogP contribution in [0.15, 0.2) is 24.3 Å². The van der Waals surface area contributed by atoms with Gasteiger partial charge >= 0.3 is 5.97 Å². The molecule has 7 heteroatoms. The van der Waals surface area contributed by atoms with Gasteiger partial charge in [-0.25, -0.2) is 0 Å². The van der Waals surface area contributed by atoms with Gasteiger partial charge in [-0.05, 0) is 37.1 Å². The molecule has 0 aromatic heterocycles. The quantitative estimate of drug-likeness (QED) is 0.851. The highest BCUT2D eigenvalue weighted by atomic mass is 32.2. The number of rotatable bonds is 5. The van der Waals surface area contributed by atoms with Gasteiger partial charge in [0.2, 0.25) is 5.91 Å². The van der Waals surface area contributed by atoms with E-state index < -0.39 is 5.97 Å². The fourth-order valence-corrected chi connectivity index (χ4v) is 3.81. The lowest BCUT2D eigenvalue weighted by atomic mass is 10.1. The lowest BCUT2D eigenvalue weighted by Crippen LogP contribution is -2.47. The summed E-state index contributed by atoms with van der Waals surface area (Å²) in [5.41, 5.74) is 1.20. The molecule has 2 aliphatic rings. The summed E-state index contributed by atoms with van der Waals surface area (Å²) in [6.07, 6.45) is 1.86. The Kier molecular flexibility index (Phi) is 5.08. The summed E-state index contributed by atoms with van der Waals surface area (Å²) in [4.78, 5) is 37.1. The highest BCUT2D eigenvalue weighted by molar-refractivity contribution is 7.99. The summed E-state index contributed by atoms with van der Waals surface area (Å²) in [6, 6.07) is 6.54. The van der Waals surface area contributed by atoms with Gasteiger partial charge in [-0.1, -0.05) is 0 Å². The molecule has 1 aromatic rings. The third-order valence-corrected chi connectivity index (χ3v) is 5.34. The Labute approximate surface area is 144 Å². The number of hydrogen-bond donors (Lipinski definition) is 2. The van der Waals surface area contributed by atoms with Gasteiger partial charge in [0.05, 0.1) is 12.5 Å². The van der Waals surface area contributed by atoms with Gasteiger partial charge in [0, 0.05) is 35.2 Å². The second-order valence-electron chi connectivity index (χ2n) is 6.17. The van der Waals surface area contributed by atoms with E-state index in [0.29, 0.717) is 23.5 Å². The van der Waals surface area contributed by atoms with E-state index in [0.717, 1.165) is 18.6 Å². The molecular weight excluding hydrogens is 328 g/mol. The number of nitrogens with one attached hydrogen (secondary N) is 1. The molecule has 6 nitrogen and oxygen atoms in total. The van der Waals surface area contributed by atoms with E-state index in [4.69, 9.17) is 5.11 Å². The minimum Gasteiger partial charge on any atom is -0.481 e. The number of benzene rings is 1. The van der Waals surface area contributed by atoms with E-state index in [1.54, 1.807) is 40.9 Å². The van der Waals surface area contributed by atoms with Gasteiger partial charge in [0.15, 0.2) is 0 Å². The molecule has 0 bridgehead atoms. The van der Waals surface area contributed by atoms with Crippen molar-refractivity contribution >= 4 is 35.2 Å². The predicted molar refractivity (Wildman–Crippen MR) is 92.2 cm³/mol. The van der Waals surface area contributed by atoms with Gasteiger partial charge < -0.3 is 15.3 Å². The van der Waals surface area contributed by atoms with E-state index >= 15 is 0 Å². The number of carboxylic acid groups (broad SMARTS) is 1. The van der Waals surface area contributed by atoms with E-state index in [1.165, 1.54) is 0 Å². The van der Waals surface area contributed by atoms with E-state index in [9.17, 15) is 14.4 Å². The average molecular weight is 348 g/mol. The molecule has 0 radical (unpaired) electrons. The number of carboxylic acids is 1. The lowest BCUT2D eigenvalue weighted by molar-refractivity contribution is -0.138. The maximum Gasteiger partial charge on any atom is 0.305 e. The van der Waals surface area contributed by atoms with Crippen LogP contribution in [0.5, 0.6) is 0 Å². The number of anilines is 1. The molecule has 1 atom stereocenters. The molecule has 1 aliphatic carbocycles. The molecule has 2 amide bonds. The van der Waals surface area contributed by atoms with E-state index in [2.05, 4.69) is 5.32 Å². The highest BCUT2D eigenvalue weighted by Crippen LogP contribution is 2.30. The van der Waals surface area contributed by atoms with Crippen LogP contribution in [0.2, 0.25) is 0 Å². The largest absolute Gasteiger partial charge is 0.481 e. The first-order valence-electron chi connectivity index (χ1n) is 8.06. The zero-order valence-electron chi connectivity index (χ0n) is 13.2. The Morgan fingerprint density at radius 1 is 1.21 bits per heavy atom. The Balaban J connectivity index is 1.66. The first-order chi connectivity index (χ1) is 11.5. The summed E-state index contributed by atoms with van der Waals surface area (Å²) in [5.74, 6) is 0.586. The minimum atomic E-state index is -0.890. The SMILES string of the molecule is O=C(O)CC1CSCCN1C(=O)c1ccc(NC(=O)C2CC2)cc1. The van der Waals surface area contributed by atoms with Crippen molar-refractivity contribution in [3.05, 3.63) is 29.8 Å². The molecule has 128 valence electrons. The smallest absolute Gasteiger partial charge is 0.305 e. The summed E-state index contributed by atoms with van der Waals surface area (Å²) >= 11 is 1.67. The lowest BCUT2D eigenvalue weighted by Gasteiger charge is -2.34. The topological polar surface area (TPSA) is 86.7 Å². The fraction of sp³-hybridized carbons (Fsp3) is 0.471. The Morgan fingerprint density at radius 3 is 2.54 bits per heavy atom. The van der Waals surface area contributed by atoms with Gasteiger partial charge in [-0.2, -0.15) is 11.8 Å². The summed E-state index contributed by atoms with van der Waals surface area (Å²) in [7, 11) is 0. The van der Waals surface area contributed by atoms with Crippen molar-refractivity contribution in [3.8, 4) is 0 Å². The van der Waals surface area contributed by atoms with Gasteiger partial charge in [0.25, 0.3) is 5.91 Å². The zero-order valence-corrected chi connectivity index (χ0v) is 14.1. The molecular formula is C17H20N2O4S. The number of aliphatic carboxylic acids is 1. The third kappa shape index (κ3) is 4.08. The number of carbonyl (C=O) groups excluding carboxylic acids is 2. The van der Waals surface area contributed by atoms with Crippen LogP contribution < -0.4 is 5.32 Å². The van der Waals surface area contributed by atoms with Gasteiger partial charge in [-0.3, -0.25) is 14.4 Å². The summed E-state index contributed by atoms with van der Waals surface area (Å²) in [5, 5.41) is 11.9. The second kappa shape index (κ2) is 7.25. The second-order valence-corrected chi connectivity index (χ2v) is 7.32. The summed E-state index contributed by atoms with van der Waals surface area (Å²) < 4.78 is 0. The summed E-state index contributed by atoms with van der Waals surface area (Å²) in [6.45, 7) is 0.557. The van der Waals surface area contributed by atoms with Crippen molar-refractivity contribution < 1.29 is 19.5 Å². The maximum absolute atomic E-state index is 12.7. The molecule has 1 heterocycles. The predicted octanol–water partition coefficient (Wildman–Crippen LogP) is 2.07. The molecule has 2 fully saturated rings. The molecule has 0 spiro atoms. The molecule has 1 unspecified atom stereocenters. The molecule has 1 aromatic carbocycles. The van der Waals surface area contributed by atoms with Crippen LogP contribution in [0.4, 0.5) is 5.69 Å². The molecule has 24 heavy (non-hydrogen) atoms. The molecule has 1 aliphatic heterocycles. The van der Waals surface area contributed by atoms with Crippen LogP contribution in [0.3, 0.4) is 0 Å². The first kappa shape index (κ1) is 16.8. The number of carbonyl (C=O) groups is 3. The number of nitrogens with zero attached hydrogens (tertiary/aromatic N) is 1. The first-order valence-corrected chi connectivity index (χ1v) is 9.21. The monoisotopic (exact) mass is 348 g/mol. The van der Waals surface area contributed by atoms with Crippen LogP contribution in [0.1, 0.15) is 29.6 Å². The molecule has 1 saturated heterocycles. The zero-order chi connectivity index (χ0) is 17.1. The van der Waals surface area contributed by atoms with Crippen molar-refractivity contribution in [3.63, 3.8) is 0 Å². The Bertz CT molecular complexity index is 642. The van der Waals surface area contributed by atoms with E-state index in [-0.39, 0.29) is 30.2 Å². The van der Waals surface area contributed by atoms with Crippen LogP contribution in [0.25, 0.3) is 0 Å². The standard InChI is InChI=1S/C17H20N2O4S/c20-15(21)9-14-10-24-8-7-19(14)17(23)12-3-5-13(6-4-12)18-16(22)11-1-2-11/h3-6,11,14H,1-2,7-10H2,(H,18,22)(H,20,21). The van der Waals surface area contributed by atoms with Crippen LogP contribution >= 0.6 is 11.8 Å². The van der Waals surface area contributed by atoms with Crippen molar-refractivity contribution in [2.45, 2.75) is 25.3 Å². The number of amides is 2. The highest BCUT2D eigenvalue weighted by Gasteiger charge is 2.30. The maximum atomic E-state index is 12.7. The molecule has 3 rings (SSSR count). The van der Waals surface area contributed by atoms with E-state index in [1.807, 2.05) is 0 Å². The fourth-order valence-electron chi connectivity index (χ4n) is 2.74. The van der Waals surface area contributed by atoms with Crippen molar-refractivity contribution in [1.29, 1.82) is 0 Å². The normalized spacial score (nSPS) is 20.5. The average Bonchev–Trinajstić information content (AvgIpc) is 3.40. The van der Waals surface area contributed by atoms with Crippen molar-refractivity contribution in [2.24, 2.45) is 5.92 Å². The molecule has 1 saturated carbocycles. The van der Waals surface area contributed by atoms with Crippen LogP contribution in [0, 0.1) is 5.92 Å². The van der Waals surface area contributed by atoms with Crippen LogP contribution in [-0.4, -0.2) is 51.9 Å². The number of thioether (sulfide) groups is 1. The van der Waals surface area contributed by atoms with Crippen molar-refractivity contribution in [1.82, 2.24) is 4.90 Å². The molecule has 2 N–H and O–H groups in total. The van der Waals surface area contributed by atoms with Crippen LogP contribution in [-0.2, 0) is 9.59 Å². The van der Waals surface area contributed by atoms with Crippen molar-refractivity contribution in [2.75, 3.05) is 23.4 Å². The minimum absolute atomic E-state index is 0.0312.